The van der Waals surface area contributed by atoms with Gasteiger partial charge in [-0.25, -0.2) is 0 Å². The molecule has 1 heterocycles. The number of aryl methyl sites for hydroxylation is 1. The number of piperidine rings is 1. The number of rotatable bonds is 3. The second kappa shape index (κ2) is 7.77. The molecule has 2 unspecified atom stereocenters. The molecule has 5 heteroatoms. The third-order valence-electron chi connectivity index (χ3n) is 4.98. The van der Waals surface area contributed by atoms with Crippen LogP contribution >= 0.6 is 23.2 Å². The summed E-state index contributed by atoms with van der Waals surface area (Å²) in [6.45, 7) is 3.74. The Labute approximate surface area is 158 Å². The first kappa shape index (κ1) is 18.2. The van der Waals surface area contributed by atoms with Gasteiger partial charge in [-0.15, -0.1) is 0 Å². The van der Waals surface area contributed by atoms with E-state index in [0.717, 1.165) is 30.1 Å². The van der Waals surface area contributed by atoms with E-state index in [2.05, 4.69) is 11.4 Å². The summed E-state index contributed by atoms with van der Waals surface area (Å²) in [6, 6.07) is 13.4. The Balaban J connectivity index is 1.85. The van der Waals surface area contributed by atoms with Gasteiger partial charge in [0.05, 0.1) is 0 Å². The van der Waals surface area contributed by atoms with E-state index in [1.807, 2.05) is 31.0 Å². The SMILES string of the molecule is Cc1ccc(C2CNCCC2N(C)C(=O)c2ccc(Cl)cc2)cc1Cl. The molecule has 1 fully saturated rings. The van der Waals surface area contributed by atoms with Crippen LogP contribution in [0.15, 0.2) is 42.5 Å². The van der Waals surface area contributed by atoms with Crippen LogP contribution in [0.2, 0.25) is 10.0 Å². The molecule has 1 N–H and O–H groups in total. The van der Waals surface area contributed by atoms with Crippen molar-refractivity contribution in [2.45, 2.75) is 25.3 Å². The zero-order chi connectivity index (χ0) is 18.0. The topological polar surface area (TPSA) is 32.3 Å². The first-order valence-electron chi connectivity index (χ1n) is 8.47. The maximum atomic E-state index is 12.9. The van der Waals surface area contributed by atoms with Gasteiger partial charge in [-0.2, -0.15) is 0 Å². The Morgan fingerprint density at radius 2 is 1.88 bits per heavy atom. The van der Waals surface area contributed by atoms with Crippen molar-refractivity contribution in [1.82, 2.24) is 10.2 Å². The molecule has 0 spiro atoms. The molecule has 1 aliphatic heterocycles. The highest BCUT2D eigenvalue weighted by atomic mass is 35.5. The molecule has 2 aromatic rings. The smallest absolute Gasteiger partial charge is 0.253 e. The molecule has 132 valence electrons. The first-order valence-corrected chi connectivity index (χ1v) is 9.22. The van der Waals surface area contributed by atoms with Gasteiger partial charge < -0.3 is 10.2 Å². The molecule has 3 rings (SSSR count). The fraction of sp³-hybridized carbons (Fsp3) is 0.350. The third kappa shape index (κ3) is 4.00. The maximum Gasteiger partial charge on any atom is 0.253 e. The Kier molecular flexibility index (Phi) is 5.67. The summed E-state index contributed by atoms with van der Waals surface area (Å²) in [5.74, 6) is 0.236. The number of benzene rings is 2. The molecule has 25 heavy (non-hydrogen) atoms. The minimum atomic E-state index is 0.0202. The van der Waals surface area contributed by atoms with E-state index in [9.17, 15) is 4.79 Å². The van der Waals surface area contributed by atoms with E-state index < -0.39 is 0 Å². The molecular formula is C20H22Cl2N2O. The fourth-order valence-electron chi connectivity index (χ4n) is 3.43. The summed E-state index contributed by atoms with van der Waals surface area (Å²) in [5, 5.41) is 4.84. The van der Waals surface area contributed by atoms with Crippen molar-refractivity contribution < 1.29 is 4.79 Å². The molecule has 0 bridgehead atoms. The number of nitrogens with one attached hydrogen (secondary N) is 1. The molecule has 0 aliphatic carbocycles. The van der Waals surface area contributed by atoms with Gasteiger partial charge in [-0.3, -0.25) is 4.79 Å². The van der Waals surface area contributed by atoms with Gasteiger partial charge in [0.15, 0.2) is 0 Å². The summed E-state index contributed by atoms with van der Waals surface area (Å²) in [5.41, 5.74) is 2.89. The summed E-state index contributed by atoms with van der Waals surface area (Å²) in [6.07, 6.45) is 0.909. The molecule has 0 radical (unpaired) electrons. The predicted molar refractivity (Wildman–Crippen MR) is 104 cm³/mol. The lowest BCUT2D eigenvalue weighted by molar-refractivity contribution is 0.0679. The van der Waals surface area contributed by atoms with E-state index >= 15 is 0 Å². The minimum Gasteiger partial charge on any atom is -0.338 e. The van der Waals surface area contributed by atoms with Crippen LogP contribution in [-0.4, -0.2) is 37.0 Å². The predicted octanol–water partition coefficient (Wildman–Crippen LogP) is 4.52. The molecule has 2 aromatic carbocycles. The van der Waals surface area contributed by atoms with Crippen molar-refractivity contribution in [2.24, 2.45) is 0 Å². The van der Waals surface area contributed by atoms with Gasteiger partial charge in [0.2, 0.25) is 0 Å². The van der Waals surface area contributed by atoms with Gasteiger partial charge in [-0.1, -0.05) is 35.3 Å². The van der Waals surface area contributed by atoms with Crippen molar-refractivity contribution in [1.29, 1.82) is 0 Å². The molecule has 2 atom stereocenters. The molecule has 1 aliphatic rings. The first-order chi connectivity index (χ1) is 12.0. The Hall–Kier alpha value is -1.55. The number of carbonyl (C=O) groups is 1. The van der Waals surface area contributed by atoms with Crippen molar-refractivity contribution in [3.8, 4) is 0 Å². The normalized spacial score (nSPS) is 20.3. The van der Waals surface area contributed by atoms with Gasteiger partial charge >= 0.3 is 0 Å². The zero-order valence-electron chi connectivity index (χ0n) is 14.4. The van der Waals surface area contributed by atoms with E-state index in [1.54, 1.807) is 24.3 Å². The summed E-state index contributed by atoms with van der Waals surface area (Å²) in [7, 11) is 1.88. The number of amides is 1. The van der Waals surface area contributed by atoms with E-state index in [-0.39, 0.29) is 17.9 Å². The fourth-order valence-corrected chi connectivity index (χ4v) is 3.75. The van der Waals surface area contributed by atoms with Crippen LogP contribution in [0.4, 0.5) is 0 Å². The largest absolute Gasteiger partial charge is 0.338 e. The Morgan fingerprint density at radius 3 is 2.56 bits per heavy atom. The van der Waals surface area contributed by atoms with Crippen LogP contribution in [0.1, 0.15) is 33.8 Å². The van der Waals surface area contributed by atoms with Gasteiger partial charge in [0.1, 0.15) is 0 Å². The van der Waals surface area contributed by atoms with E-state index in [4.69, 9.17) is 23.2 Å². The standard InChI is InChI=1S/C20H22Cl2N2O/c1-13-3-4-15(11-18(13)22)17-12-23-10-9-19(17)24(2)20(25)14-5-7-16(21)8-6-14/h3-8,11,17,19,23H,9-10,12H2,1-2H3. The lowest BCUT2D eigenvalue weighted by atomic mass is 9.85. The van der Waals surface area contributed by atoms with Crippen LogP contribution in [0.25, 0.3) is 0 Å². The summed E-state index contributed by atoms with van der Waals surface area (Å²) < 4.78 is 0. The number of hydrogen-bond donors (Lipinski definition) is 1. The summed E-state index contributed by atoms with van der Waals surface area (Å²) >= 11 is 12.2. The number of nitrogens with zero attached hydrogens (tertiary/aromatic N) is 1. The minimum absolute atomic E-state index is 0.0202. The highest BCUT2D eigenvalue weighted by Gasteiger charge is 2.32. The van der Waals surface area contributed by atoms with Crippen LogP contribution in [0.5, 0.6) is 0 Å². The highest BCUT2D eigenvalue weighted by Crippen LogP contribution is 2.31. The number of carbonyl (C=O) groups excluding carboxylic acids is 1. The number of halogens is 2. The Morgan fingerprint density at radius 1 is 1.16 bits per heavy atom. The quantitative estimate of drug-likeness (QED) is 0.853. The molecule has 1 saturated heterocycles. The Bertz CT molecular complexity index is 761. The van der Waals surface area contributed by atoms with Crippen LogP contribution in [-0.2, 0) is 0 Å². The van der Waals surface area contributed by atoms with Gasteiger partial charge in [0, 0.05) is 41.2 Å². The van der Waals surface area contributed by atoms with Crippen LogP contribution in [0, 0.1) is 6.92 Å². The lowest BCUT2D eigenvalue weighted by Gasteiger charge is -2.39. The van der Waals surface area contributed by atoms with Crippen molar-refractivity contribution >= 4 is 29.1 Å². The van der Waals surface area contributed by atoms with E-state index in [1.165, 1.54) is 5.56 Å². The van der Waals surface area contributed by atoms with Gasteiger partial charge in [-0.05, 0) is 61.3 Å². The van der Waals surface area contributed by atoms with Crippen molar-refractivity contribution in [3.05, 3.63) is 69.2 Å². The molecule has 1 amide bonds. The average molecular weight is 377 g/mol. The second-order valence-electron chi connectivity index (χ2n) is 6.60. The summed E-state index contributed by atoms with van der Waals surface area (Å²) in [4.78, 5) is 14.8. The number of hydrogen-bond acceptors (Lipinski definition) is 2. The second-order valence-corrected chi connectivity index (χ2v) is 7.44. The molecule has 3 nitrogen and oxygen atoms in total. The molecule has 0 aromatic heterocycles. The van der Waals surface area contributed by atoms with Crippen molar-refractivity contribution in [2.75, 3.05) is 20.1 Å². The highest BCUT2D eigenvalue weighted by molar-refractivity contribution is 6.31. The van der Waals surface area contributed by atoms with Crippen molar-refractivity contribution in [3.63, 3.8) is 0 Å². The molecular weight excluding hydrogens is 355 g/mol. The average Bonchev–Trinajstić information content (AvgIpc) is 2.63. The lowest BCUT2D eigenvalue weighted by Crippen LogP contribution is -2.49. The zero-order valence-corrected chi connectivity index (χ0v) is 15.9. The van der Waals surface area contributed by atoms with E-state index in [0.29, 0.717) is 10.6 Å². The molecule has 0 saturated carbocycles. The third-order valence-corrected chi connectivity index (χ3v) is 5.64. The number of likely N-dealkylation sites (N-methyl/N-ethyl adjacent to an activating group) is 1. The van der Waals surface area contributed by atoms with Crippen LogP contribution < -0.4 is 5.32 Å². The monoisotopic (exact) mass is 376 g/mol. The maximum absolute atomic E-state index is 12.9. The van der Waals surface area contributed by atoms with Crippen LogP contribution in [0.3, 0.4) is 0 Å². The van der Waals surface area contributed by atoms with Gasteiger partial charge in [0.25, 0.3) is 5.91 Å².